The van der Waals surface area contributed by atoms with Crippen LogP contribution >= 0.6 is 0 Å². The van der Waals surface area contributed by atoms with Crippen molar-refractivity contribution in [2.45, 2.75) is 0 Å². The Balaban J connectivity index is 1.51. The molecule has 2 amide bonds. The monoisotopic (exact) mass is 363 g/mol. The number of hydrogen-bond donors (Lipinski definition) is 3. The summed E-state index contributed by atoms with van der Waals surface area (Å²) in [6.45, 7) is 0. The van der Waals surface area contributed by atoms with Gasteiger partial charge in [0.05, 0.1) is 23.0 Å². The number of carbonyl (C=O) groups excluding carboxylic acids is 1. The van der Waals surface area contributed by atoms with Crippen molar-refractivity contribution in [2.75, 3.05) is 16.4 Å². The number of fused-ring (bicyclic) bond motifs is 1. The molecule has 8 nitrogen and oxygen atoms in total. The number of nitrogens with one attached hydrogen (secondary N) is 2. The summed E-state index contributed by atoms with van der Waals surface area (Å²) in [6, 6.07) is 12.3. The summed E-state index contributed by atoms with van der Waals surface area (Å²) in [4.78, 5) is 20.2. The Labute approximate surface area is 152 Å². The standard InChI is InChI=1S/C18H14FN7O/c19-14-3-1-2-4-15(14)25-18(27)24-11-5-7-12(8-6-11)26-17-13(9-23-26)16(20)21-10-22-17/h1-10H,(H2,20,21,22)(H2,24,25,27). The second kappa shape index (κ2) is 6.71. The van der Waals surface area contributed by atoms with E-state index in [2.05, 4.69) is 25.7 Å². The molecule has 0 fully saturated rings. The lowest BCUT2D eigenvalue weighted by molar-refractivity contribution is 0.262. The molecule has 0 atom stereocenters. The molecule has 0 saturated carbocycles. The normalized spacial score (nSPS) is 10.7. The third-order valence-electron chi connectivity index (χ3n) is 3.89. The van der Waals surface area contributed by atoms with Crippen molar-refractivity contribution in [3.63, 3.8) is 0 Å². The molecule has 0 bridgehead atoms. The van der Waals surface area contributed by atoms with Crippen LogP contribution < -0.4 is 16.4 Å². The molecular weight excluding hydrogens is 349 g/mol. The summed E-state index contributed by atoms with van der Waals surface area (Å²) in [5.41, 5.74) is 7.78. The fraction of sp³-hybridized carbons (Fsp3) is 0. The Morgan fingerprint density at radius 3 is 2.59 bits per heavy atom. The molecule has 134 valence electrons. The number of rotatable bonds is 3. The highest BCUT2D eigenvalue weighted by Gasteiger charge is 2.10. The van der Waals surface area contributed by atoms with E-state index in [0.717, 1.165) is 5.69 Å². The van der Waals surface area contributed by atoms with Crippen molar-refractivity contribution in [3.8, 4) is 5.69 Å². The third-order valence-corrected chi connectivity index (χ3v) is 3.89. The number of hydrogen-bond acceptors (Lipinski definition) is 5. The van der Waals surface area contributed by atoms with Gasteiger partial charge in [-0.15, -0.1) is 0 Å². The smallest absolute Gasteiger partial charge is 0.323 e. The van der Waals surface area contributed by atoms with Gasteiger partial charge in [0.25, 0.3) is 0 Å². The highest BCUT2D eigenvalue weighted by molar-refractivity contribution is 5.99. The molecule has 4 aromatic rings. The first-order valence-electron chi connectivity index (χ1n) is 7.99. The minimum atomic E-state index is -0.544. The van der Waals surface area contributed by atoms with Gasteiger partial charge in [0.1, 0.15) is 18.0 Å². The Morgan fingerprint density at radius 2 is 1.81 bits per heavy atom. The van der Waals surface area contributed by atoms with Crippen LogP contribution in [0, 0.1) is 5.82 Å². The van der Waals surface area contributed by atoms with Crippen molar-refractivity contribution in [2.24, 2.45) is 0 Å². The maximum absolute atomic E-state index is 13.6. The molecule has 2 aromatic carbocycles. The molecule has 2 aromatic heterocycles. The summed E-state index contributed by atoms with van der Waals surface area (Å²) >= 11 is 0. The summed E-state index contributed by atoms with van der Waals surface area (Å²) < 4.78 is 15.2. The van der Waals surface area contributed by atoms with Gasteiger partial charge in [0.2, 0.25) is 0 Å². The SMILES string of the molecule is Nc1ncnc2c1cnn2-c1ccc(NC(=O)Nc2ccccc2F)cc1. The number of nitrogens with two attached hydrogens (primary N) is 1. The number of nitrogens with zero attached hydrogens (tertiary/aromatic N) is 4. The number of anilines is 3. The molecule has 27 heavy (non-hydrogen) atoms. The molecule has 0 radical (unpaired) electrons. The average Bonchev–Trinajstić information content (AvgIpc) is 3.10. The predicted molar refractivity (Wildman–Crippen MR) is 100 cm³/mol. The van der Waals surface area contributed by atoms with E-state index < -0.39 is 11.8 Å². The molecule has 4 rings (SSSR count). The van der Waals surface area contributed by atoms with Gasteiger partial charge in [-0.1, -0.05) is 12.1 Å². The van der Waals surface area contributed by atoms with Gasteiger partial charge in [-0.25, -0.2) is 23.8 Å². The summed E-state index contributed by atoms with van der Waals surface area (Å²) in [7, 11) is 0. The molecule has 4 N–H and O–H groups in total. The summed E-state index contributed by atoms with van der Waals surface area (Å²) in [6.07, 6.45) is 2.97. The average molecular weight is 363 g/mol. The lowest BCUT2D eigenvalue weighted by Crippen LogP contribution is -2.20. The first-order valence-corrected chi connectivity index (χ1v) is 7.99. The van der Waals surface area contributed by atoms with Gasteiger partial charge < -0.3 is 16.4 Å². The number of nitrogen functional groups attached to an aromatic ring is 1. The van der Waals surface area contributed by atoms with Crippen molar-refractivity contribution >= 4 is 34.3 Å². The Kier molecular flexibility index (Phi) is 4.09. The zero-order valence-electron chi connectivity index (χ0n) is 13.9. The maximum atomic E-state index is 13.6. The Hall–Kier alpha value is -4.01. The number of urea groups is 1. The van der Waals surface area contributed by atoms with Crippen molar-refractivity contribution in [3.05, 3.63) is 66.9 Å². The third kappa shape index (κ3) is 3.25. The van der Waals surface area contributed by atoms with Crippen molar-refractivity contribution in [1.29, 1.82) is 0 Å². The minimum Gasteiger partial charge on any atom is -0.383 e. The summed E-state index contributed by atoms with van der Waals surface area (Å²) in [5.74, 6) is -0.149. The van der Waals surface area contributed by atoms with Gasteiger partial charge in [-0.2, -0.15) is 5.10 Å². The van der Waals surface area contributed by atoms with Crippen LogP contribution in [0.5, 0.6) is 0 Å². The molecule has 0 aliphatic carbocycles. The Morgan fingerprint density at radius 1 is 1.04 bits per heavy atom. The molecule has 0 saturated heterocycles. The van der Waals surface area contributed by atoms with Gasteiger partial charge in [-0.3, -0.25) is 0 Å². The largest absolute Gasteiger partial charge is 0.383 e. The van der Waals surface area contributed by atoms with Crippen LogP contribution in [0.1, 0.15) is 0 Å². The van der Waals surface area contributed by atoms with Crippen LogP contribution in [-0.2, 0) is 0 Å². The molecule has 0 spiro atoms. The van der Waals surface area contributed by atoms with E-state index >= 15 is 0 Å². The van der Waals surface area contributed by atoms with Crippen LogP contribution in [0.3, 0.4) is 0 Å². The van der Waals surface area contributed by atoms with Crippen LogP contribution in [-0.4, -0.2) is 25.8 Å². The van der Waals surface area contributed by atoms with E-state index in [4.69, 9.17) is 5.73 Å². The van der Waals surface area contributed by atoms with Crippen LogP contribution in [0.25, 0.3) is 16.7 Å². The fourth-order valence-corrected chi connectivity index (χ4v) is 2.58. The van der Waals surface area contributed by atoms with Crippen LogP contribution in [0.15, 0.2) is 61.1 Å². The van der Waals surface area contributed by atoms with Crippen LogP contribution in [0.2, 0.25) is 0 Å². The number of aromatic nitrogens is 4. The second-order valence-electron chi connectivity index (χ2n) is 5.66. The maximum Gasteiger partial charge on any atom is 0.323 e. The number of para-hydroxylation sites is 1. The van der Waals surface area contributed by atoms with Crippen molar-refractivity contribution in [1.82, 2.24) is 19.7 Å². The topological polar surface area (TPSA) is 111 Å². The molecular formula is C18H14FN7O. The number of amides is 2. The highest BCUT2D eigenvalue weighted by atomic mass is 19.1. The van der Waals surface area contributed by atoms with E-state index in [0.29, 0.717) is 22.5 Å². The van der Waals surface area contributed by atoms with E-state index in [1.54, 1.807) is 47.3 Å². The Bertz CT molecular complexity index is 1120. The molecule has 9 heteroatoms. The lowest BCUT2D eigenvalue weighted by Gasteiger charge is -2.09. The van der Waals surface area contributed by atoms with Gasteiger partial charge in [0, 0.05) is 5.69 Å². The zero-order chi connectivity index (χ0) is 18.8. The number of halogens is 1. The first-order chi connectivity index (χ1) is 13.1. The number of benzene rings is 2. The highest BCUT2D eigenvalue weighted by Crippen LogP contribution is 2.21. The van der Waals surface area contributed by atoms with Crippen molar-refractivity contribution < 1.29 is 9.18 Å². The van der Waals surface area contributed by atoms with E-state index in [9.17, 15) is 9.18 Å². The molecule has 0 aliphatic rings. The molecule has 0 aliphatic heterocycles. The minimum absolute atomic E-state index is 0.104. The quantitative estimate of drug-likeness (QED) is 0.518. The van der Waals surface area contributed by atoms with Gasteiger partial charge in [0.15, 0.2) is 5.65 Å². The fourth-order valence-electron chi connectivity index (χ4n) is 2.58. The lowest BCUT2D eigenvalue weighted by atomic mass is 10.2. The first kappa shape index (κ1) is 16.5. The molecule has 0 unspecified atom stereocenters. The molecule has 2 heterocycles. The van der Waals surface area contributed by atoms with E-state index in [1.807, 2.05) is 0 Å². The predicted octanol–water partition coefficient (Wildman–Crippen LogP) is 3.18. The van der Waals surface area contributed by atoms with E-state index in [-0.39, 0.29) is 5.69 Å². The zero-order valence-corrected chi connectivity index (χ0v) is 13.9. The summed E-state index contributed by atoms with van der Waals surface area (Å²) in [5, 5.41) is 10.0. The van der Waals surface area contributed by atoms with E-state index in [1.165, 1.54) is 18.5 Å². The number of carbonyl (C=O) groups is 1. The van der Waals surface area contributed by atoms with Gasteiger partial charge in [-0.05, 0) is 36.4 Å². The second-order valence-corrected chi connectivity index (χ2v) is 5.66. The van der Waals surface area contributed by atoms with Crippen LogP contribution in [0.4, 0.5) is 26.4 Å². The van der Waals surface area contributed by atoms with Gasteiger partial charge >= 0.3 is 6.03 Å².